The van der Waals surface area contributed by atoms with Crippen molar-refractivity contribution >= 4 is 22.9 Å². The highest BCUT2D eigenvalue weighted by atomic mass is 16.6. The van der Waals surface area contributed by atoms with E-state index in [0.717, 1.165) is 11.2 Å². The van der Waals surface area contributed by atoms with Gasteiger partial charge in [-0.15, -0.1) is 0 Å². The van der Waals surface area contributed by atoms with Gasteiger partial charge in [-0.05, 0) is 24.1 Å². The number of nitrogens with one attached hydrogen (secondary N) is 1. The van der Waals surface area contributed by atoms with Crippen LogP contribution in [0.5, 0.6) is 0 Å². The molecule has 0 atom stereocenters. The fraction of sp³-hybridized carbons (Fsp3) is 0.500. The SMILES string of the molecule is CC(C)COC(=O)N1CCC(C#N)(Nc2ccc3ocnc3c2)CC1. The molecule has 132 valence electrons. The number of oxazole rings is 1. The fourth-order valence-electron chi connectivity index (χ4n) is 2.88. The number of carbonyl (C=O) groups excluding carboxylic acids is 1. The Morgan fingerprint density at radius 2 is 2.24 bits per heavy atom. The van der Waals surface area contributed by atoms with Crippen molar-refractivity contribution < 1.29 is 13.9 Å². The van der Waals surface area contributed by atoms with Gasteiger partial charge in [-0.3, -0.25) is 0 Å². The molecule has 1 saturated heterocycles. The van der Waals surface area contributed by atoms with Gasteiger partial charge < -0.3 is 19.4 Å². The van der Waals surface area contributed by atoms with Crippen LogP contribution in [-0.2, 0) is 4.74 Å². The number of amides is 1. The van der Waals surface area contributed by atoms with Gasteiger partial charge in [-0.25, -0.2) is 9.78 Å². The molecule has 0 saturated carbocycles. The molecule has 7 heteroatoms. The summed E-state index contributed by atoms with van der Waals surface area (Å²) in [6, 6.07) is 7.94. The second kappa shape index (κ2) is 7.01. The van der Waals surface area contributed by atoms with Crippen LogP contribution >= 0.6 is 0 Å². The minimum absolute atomic E-state index is 0.302. The molecule has 2 heterocycles. The first-order chi connectivity index (χ1) is 12.0. The largest absolute Gasteiger partial charge is 0.449 e. The lowest BCUT2D eigenvalue weighted by Crippen LogP contribution is -2.50. The second-order valence-electron chi connectivity index (χ2n) is 6.81. The quantitative estimate of drug-likeness (QED) is 0.916. The number of carbonyl (C=O) groups is 1. The highest BCUT2D eigenvalue weighted by Crippen LogP contribution is 2.28. The average Bonchev–Trinajstić information content (AvgIpc) is 3.08. The molecule has 25 heavy (non-hydrogen) atoms. The summed E-state index contributed by atoms with van der Waals surface area (Å²) in [6.07, 6.45) is 2.17. The Morgan fingerprint density at radius 3 is 2.92 bits per heavy atom. The Bertz CT molecular complexity index is 785. The molecule has 0 spiro atoms. The lowest BCUT2D eigenvalue weighted by Gasteiger charge is -2.37. The van der Waals surface area contributed by atoms with Crippen LogP contribution in [0.4, 0.5) is 10.5 Å². The minimum Gasteiger partial charge on any atom is -0.449 e. The zero-order chi connectivity index (χ0) is 17.9. The maximum absolute atomic E-state index is 12.1. The van der Waals surface area contributed by atoms with Crippen molar-refractivity contribution in [1.82, 2.24) is 9.88 Å². The zero-order valence-corrected chi connectivity index (χ0v) is 14.5. The Hall–Kier alpha value is -2.75. The molecule has 1 aromatic carbocycles. The van der Waals surface area contributed by atoms with Gasteiger partial charge in [0.05, 0.1) is 12.7 Å². The standard InChI is InChI=1S/C18H22N4O3/c1-13(2)10-24-17(23)22-7-5-18(11-19,6-8-22)21-14-3-4-16-15(9-14)20-12-25-16/h3-4,9,12-13,21H,5-8,10H2,1-2H3. The predicted molar refractivity (Wildman–Crippen MR) is 93.0 cm³/mol. The van der Waals surface area contributed by atoms with Crippen LogP contribution in [0.1, 0.15) is 26.7 Å². The maximum Gasteiger partial charge on any atom is 0.409 e. The summed E-state index contributed by atoms with van der Waals surface area (Å²) in [5.74, 6) is 0.306. The first-order valence-corrected chi connectivity index (χ1v) is 8.46. The number of hydrogen-bond donors (Lipinski definition) is 1. The molecule has 1 N–H and O–H groups in total. The van der Waals surface area contributed by atoms with Gasteiger partial charge >= 0.3 is 6.09 Å². The normalized spacial score (nSPS) is 16.6. The van der Waals surface area contributed by atoms with Crippen molar-refractivity contribution in [2.24, 2.45) is 5.92 Å². The number of likely N-dealkylation sites (tertiary alicyclic amines) is 1. The van der Waals surface area contributed by atoms with Crippen LogP contribution in [0, 0.1) is 17.2 Å². The molecule has 1 fully saturated rings. The van der Waals surface area contributed by atoms with Crippen molar-refractivity contribution in [1.29, 1.82) is 5.26 Å². The number of anilines is 1. The van der Waals surface area contributed by atoms with E-state index < -0.39 is 5.54 Å². The van der Waals surface area contributed by atoms with E-state index in [1.54, 1.807) is 4.90 Å². The zero-order valence-electron chi connectivity index (χ0n) is 14.5. The summed E-state index contributed by atoms with van der Waals surface area (Å²) in [4.78, 5) is 17.9. The summed E-state index contributed by atoms with van der Waals surface area (Å²) >= 11 is 0. The van der Waals surface area contributed by atoms with Crippen molar-refractivity contribution in [2.75, 3.05) is 25.0 Å². The predicted octanol–water partition coefficient (Wildman–Crippen LogP) is 3.39. The van der Waals surface area contributed by atoms with E-state index in [4.69, 9.17) is 9.15 Å². The number of rotatable bonds is 4. The molecular formula is C18H22N4O3. The van der Waals surface area contributed by atoms with Crippen molar-refractivity contribution in [2.45, 2.75) is 32.2 Å². The molecule has 1 amide bonds. The molecule has 2 aromatic rings. The highest BCUT2D eigenvalue weighted by Gasteiger charge is 2.36. The van der Waals surface area contributed by atoms with E-state index >= 15 is 0 Å². The maximum atomic E-state index is 12.1. The monoisotopic (exact) mass is 342 g/mol. The molecule has 0 aliphatic carbocycles. The minimum atomic E-state index is -0.702. The van der Waals surface area contributed by atoms with E-state index in [0.29, 0.717) is 44.0 Å². The Morgan fingerprint density at radius 1 is 1.48 bits per heavy atom. The summed E-state index contributed by atoms with van der Waals surface area (Å²) in [5.41, 5.74) is 1.57. The molecule has 1 aliphatic heterocycles. The van der Waals surface area contributed by atoms with E-state index in [1.165, 1.54) is 6.39 Å². The molecule has 1 aromatic heterocycles. The van der Waals surface area contributed by atoms with Crippen molar-refractivity contribution in [3.63, 3.8) is 0 Å². The van der Waals surface area contributed by atoms with Crippen LogP contribution in [0.15, 0.2) is 29.0 Å². The second-order valence-corrected chi connectivity index (χ2v) is 6.81. The number of ether oxygens (including phenoxy) is 1. The first-order valence-electron chi connectivity index (χ1n) is 8.46. The number of benzene rings is 1. The first kappa shape index (κ1) is 17.1. The number of hydrogen-bond acceptors (Lipinski definition) is 6. The van der Waals surface area contributed by atoms with Crippen molar-refractivity contribution in [3.05, 3.63) is 24.6 Å². The number of piperidine rings is 1. The van der Waals surface area contributed by atoms with Gasteiger partial charge in [0.15, 0.2) is 12.0 Å². The Labute approximate surface area is 146 Å². The lowest BCUT2D eigenvalue weighted by atomic mass is 9.88. The Kier molecular flexibility index (Phi) is 4.79. The third kappa shape index (κ3) is 3.85. The highest BCUT2D eigenvalue weighted by molar-refractivity contribution is 5.77. The van der Waals surface area contributed by atoms with Crippen molar-refractivity contribution in [3.8, 4) is 6.07 Å². The summed E-state index contributed by atoms with van der Waals surface area (Å²) in [6.45, 7) is 5.39. The molecule has 1 aliphatic rings. The van der Waals surface area contributed by atoms with Crippen LogP contribution in [0.3, 0.4) is 0 Å². The number of fused-ring (bicyclic) bond motifs is 1. The fourth-order valence-corrected chi connectivity index (χ4v) is 2.88. The Balaban J connectivity index is 1.63. The third-order valence-corrected chi connectivity index (χ3v) is 4.34. The molecule has 0 radical (unpaired) electrons. The topological polar surface area (TPSA) is 91.4 Å². The van der Waals surface area contributed by atoms with E-state index in [2.05, 4.69) is 16.4 Å². The number of nitriles is 1. The van der Waals surface area contributed by atoms with Crippen LogP contribution in [0.25, 0.3) is 11.1 Å². The number of aromatic nitrogens is 1. The summed E-state index contributed by atoms with van der Waals surface area (Å²) < 4.78 is 10.5. The smallest absolute Gasteiger partial charge is 0.409 e. The van der Waals surface area contributed by atoms with E-state index in [9.17, 15) is 10.1 Å². The molecule has 0 unspecified atom stereocenters. The van der Waals surface area contributed by atoms with Crippen LogP contribution in [-0.4, -0.2) is 41.2 Å². The van der Waals surface area contributed by atoms with Gasteiger partial charge in [-0.2, -0.15) is 5.26 Å². The molecule has 3 rings (SSSR count). The molecular weight excluding hydrogens is 320 g/mol. The van der Waals surface area contributed by atoms with Gasteiger partial charge in [0.25, 0.3) is 0 Å². The van der Waals surface area contributed by atoms with E-state index in [1.807, 2.05) is 32.0 Å². The molecule has 7 nitrogen and oxygen atoms in total. The number of nitrogens with zero attached hydrogens (tertiary/aromatic N) is 3. The van der Waals surface area contributed by atoms with Gasteiger partial charge in [0.2, 0.25) is 0 Å². The van der Waals surface area contributed by atoms with Gasteiger partial charge in [-0.1, -0.05) is 13.8 Å². The van der Waals surface area contributed by atoms with Gasteiger partial charge in [0.1, 0.15) is 11.1 Å². The van der Waals surface area contributed by atoms with Crippen LogP contribution in [0.2, 0.25) is 0 Å². The lowest BCUT2D eigenvalue weighted by molar-refractivity contribution is 0.0812. The van der Waals surface area contributed by atoms with Gasteiger partial charge in [0, 0.05) is 31.6 Å². The summed E-state index contributed by atoms with van der Waals surface area (Å²) in [5, 5.41) is 13.0. The van der Waals surface area contributed by atoms with Crippen LogP contribution < -0.4 is 5.32 Å². The third-order valence-electron chi connectivity index (χ3n) is 4.34. The summed E-state index contributed by atoms with van der Waals surface area (Å²) in [7, 11) is 0. The molecule has 0 bridgehead atoms. The van der Waals surface area contributed by atoms with E-state index in [-0.39, 0.29) is 6.09 Å². The average molecular weight is 342 g/mol.